The number of hydrogen-bond acceptors (Lipinski definition) is 3. The van der Waals surface area contributed by atoms with Crippen molar-refractivity contribution in [3.63, 3.8) is 0 Å². The largest absolute Gasteiger partial charge is 1.00 e. The Kier molecular flexibility index (Phi) is 7.18. The van der Waals surface area contributed by atoms with Gasteiger partial charge in [-0.2, -0.15) is 0 Å². The van der Waals surface area contributed by atoms with Crippen molar-refractivity contribution in [2.24, 2.45) is 4.99 Å². The molecule has 6 heteroatoms. The normalized spacial score (nSPS) is 13.9. The molecule has 4 aromatic carbocycles. The first-order valence-corrected chi connectivity index (χ1v) is 12.4. The van der Waals surface area contributed by atoms with Crippen LogP contribution in [0.25, 0.3) is 11.1 Å². The summed E-state index contributed by atoms with van der Waals surface area (Å²) in [6.45, 7) is 1.59. The van der Waals surface area contributed by atoms with Crippen LogP contribution >= 0.6 is 11.6 Å². The second-order valence-electron chi connectivity index (χ2n) is 9.05. The number of ether oxygens (including phenoxy) is 2. The van der Waals surface area contributed by atoms with Crippen LogP contribution in [0.3, 0.4) is 0 Å². The predicted octanol–water partition coefficient (Wildman–Crippen LogP) is 3.57. The van der Waals surface area contributed by atoms with Gasteiger partial charge in [-0.15, -0.1) is 0 Å². The Bertz CT molecular complexity index is 1530. The van der Waals surface area contributed by atoms with Gasteiger partial charge in [0, 0.05) is 17.0 Å². The van der Waals surface area contributed by atoms with Crippen molar-refractivity contribution < 1.29 is 31.0 Å². The number of benzene rings is 4. The Labute approximate surface area is 232 Å². The molecule has 0 bridgehead atoms. The second-order valence-corrected chi connectivity index (χ2v) is 9.48. The van der Waals surface area contributed by atoms with Gasteiger partial charge in [-0.1, -0.05) is 66.2 Å². The highest BCUT2D eigenvalue weighted by Gasteiger charge is 2.33. The van der Waals surface area contributed by atoms with Crippen LogP contribution in [0.4, 0.5) is 5.69 Å². The molecule has 4 aromatic rings. The van der Waals surface area contributed by atoms with E-state index >= 15 is 0 Å². The first-order valence-electron chi connectivity index (χ1n) is 12.0. The van der Waals surface area contributed by atoms with Crippen LogP contribution in [0.5, 0.6) is 11.5 Å². The van der Waals surface area contributed by atoms with Gasteiger partial charge >= 0.3 is 0 Å². The number of halogens is 2. The summed E-state index contributed by atoms with van der Waals surface area (Å²) in [6, 6.07) is 29.3. The Hall–Kier alpha value is -3.41. The third-order valence-corrected chi connectivity index (χ3v) is 7.20. The molecule has 2 aliphatic heterocycles. The molecule has 0 aromatic heterocycles. The van der Waals surface area contributed by atoms with E-state index in [9.17, 15) is 0 Å². The first kappa shape index (κ1) is 25.2. The molecule has 37 heavy (non-hydrogen) atoms. The highest BCUT2D eigenvalue weighted by Crippen LogP contribution is 2.37. The molecule has 0 unspecified atom stereocenters. The van der Waals surface area contributed by atoms with Crippen molar-refractivity contribution in [2.45, 2.75) is 6.42 Å². The summed E-state index contributed by atoms with van der Waals surface area (Å²) in [5, 5.41) is 0.694. The average molecular weight is 574 g/mol. The molecule has 0 fully saturated rings. The summed E-state index contributed by atoms with van der Waals surface area (Å²) in [4.78, 5) is 5.17. The lowest BCUT2D eigenvalue weighted by atomic mass is 9.91. The molecule has 0 saturated carbocycles. The number of fused-ring (bicyclic) bond motifs is 4. The van der Waals surface area contributed by atoms with Crippen LogP contribution in [0.2, 0.25) is 5.02 Å². The zero-order valence-corrected chi connectivity index (χ0v) is 23.0. The zero-order valence-electron chi connectivity index (χ0n) is 20.7. The minimum Gasteiger partial charge on any atom is -1.00 e. The molecule has 6 rings (SSSR count). The zero-order chi connectivity index (χ0) is 24.6. The maximum atomic E-state index is 6.50. The van der Waals surface area contributed by atoms with Crippen molar-refractivity contribution in [1.82, 2.24) is 0 Å². The van der Waals surface area contributed by atoms with Gasteiger partial charge in [0.25, 0.3) is 0 Å². The molecule has 186 valence electrons. The average Bonchev–Trinajstić information content (AvgIpc) is 3.09. The fourth-order valence-corrected chi connectivity index (χ4v) is 5.33. The van der Waals surface area contributed by atoms with E-state index in [-0.39, 0.29) is 17.0 Å². The Balaban J connectivity index is 0.00000280. The molecule has 0 atom stereocenters. The fourth-order valence-electron chi connectivity index (χ4n) is 5.16. The summed E-state index contributed by atoms with van der Waals surface area (Å²) in [7, 11) is 3.35. The van der Waals surface area contributed by atoms with E-state index < -0.39 is 0 Å². The van der Waals surface area contributed by atoms with E-state index in [1.165, 1.54) is 16.7 Å². The molecule has 0 saturated heterocycles. The number of nitrogens with zero attached hydrogens (tertiary/aromatic N) is 2. The third-order valence-electron chi connectivity index (χ3n) is 6.97. The quantitative estimate of drug-likeness (QED) is 0.350. The van der Waals surface area contributed by atoms with E-state index in [1.54, 1.807) is 14.2 Å². The number of methoxy groups -OCH3 is 2. The summed E-state index contributed by atoms with van der Waals surface area (Å²) < 4.78 is 13.6. The SMILES string of the molecule is COc1cc2c(cc1OC)C1=[N+](CC2)CC(c2ccc(-c3ccccc3)cc2)=Nc2ccc(Cl)cc21.[Br-]. The lowest BCUT2D eigenvalue weighted by Gasteiger charge is -2.20. The smallest absolute Gasteiger partial charge is 0.217 e. The third kappa shape index (κ3) is 4.70. The summed E-state index contributed by atoms with van der Waals surface area (Å²) in [5.41, 5.74) is 10.0. The maximum Gasteiger partial charge on any atom is 0.217 e. The van der Waals surface area contributed by atoms with Crippen molar-refractivity contribution in [3.05, 3.63) is 112 Å². The molecule has 0 aliphatic carbocycles. The highest BCUT2D eigenvalue weighted by molar-refractivity contribution is 6.31. The molecule has 0 spiro atoms. The number of rotatable bonds is 4. The molecular weight excluding hydrogens is 548 g/mol. The van der Waals surface area contributed by atoms with Gasteiger partial charge in [-0.25, -0.2) is 9.57 Å². The van der Waals surface area contributed by atoms with Crippen LogP contribution in [-0.2, 0) is 6.42 Å². The van der Waals surface area contributed by atoms with Gasteiger partial charge in [-0.05, 0) is 47.0 Å². The molecule has 0 amide bonds. The van der Waals surface area contributed by atoms with Crippen molar-refractivity contribution >= 4 is 28.7 Å². The summed E-state index contributed by atoms with van der Waals surface area (Å²) in [6.07, 6.45) is 0.912. The van der Waals surface area contributed by atoms with Gasteiger partial charge in [0.15, 0.2) is 18.0 Å². The van der Waals surface area contributed by atoms with Crippen LogP contribution in [0.1, 0.15) is 22.3 Å². The van der Waals surface area contributed by atoms with Gasteiger partial charge in [-0.3, -0.25) is 0 Å². The standard InChI is InChI=1S/C31H26ClN2O2.BrH/c1-35-29-16-23-14-15-34-19-28(22-10-8-21(9-11-22)20-6-4-3-5-7-20)33-27-13-12-24(32)17-26(27)31(34)25(23)18-30(29)36-2;/h3-13,16-18H,14-15,19H2,1-2H3;1H/q+1;/p-1. The lowest BCUT2D eigenvalue weighted by Crippen LogP contribution is -3.00. The topological polar surface area (TPSA) is 33.8 Å². The molecule has 0 N–H and O–H groups in total. The second kappa shape index (κ2) is 10.5. The molecule has 2 aliphatic rings. The van der Waals surface area contributed by atoms with Crippen molar-refractivity contribution in [3.8, 4) is 22.6 Å². The Morgan fingerprint density at radius 1 is 0.757 bits per heavy atom. The summed E-state index contributed by atoms with van der Waals surface area (Å²) >= 11 is 6.50. The van der Waals surface area contributed by atoms with E-state index in [0.29, 0.717) is 11.6 Å². The number of aliphatic imine (C=N–C) groups is 1. The highest BCUT2D eigenvalue weighted by atomic mass is 79.9. The fraction of sp³-hybridized carbons (Fsp3) is 0.161. The Morgan fingerprint density at radius 3 is 2.16 bits per heavy atom. The van der Waals surface area contributed by atoms with E-state index in [0.717, 1.165) is 58.3 Å². The monoisotopic (exact) mass is 572 g/mol. The number of hydrogen-bond donors (Lipinski definition) is 0. The van der Waals surface area contributed by atoms with E-state index in [4.69, 9.17) is 26.1 Å². The molecule has 2 heterocycles. The predicted molar refractivity (Wildman–Crippen MR) is 146 cm³/mol. The van der Waals surface area contributed by atoms with Gasteiger partial charge in [0.05, 0.1) is 31.0 Å². The molecule has 4 nitrogen and oxygen atoms in total. The lowest BCUT2D eigenvalue weighted by molar-refractivity contribution is -0.512. The van der Waals surface area contributed by atoms with Crippen molar-refractivity contribution in [1.29, 1.82) is 0 Å². The minimum absolute atomic E-state index is 0. The van der Waals surface area contributed by atoms with Gasteiger partial charge < -0.3 is 26.5 Å². The van der Waals surface area contributed by atoms with Gasteiger partial charge in [0.2, 0.25) is 5.71 Å². The van der Waals surface area contributed by atoms with Gasteiger partial charge in [0.1, 0.15) is 12.3 Å². The Morgan fingerprint density at radius 2 is 1.43 bits per heavy atom. The van der Waals surface area contributed by atoms with Crippen LogP contribution in [0.15, 0.2) is 89.9 Å². The molecule has 0 radical (unpaired) electrons. The van der Waals surface area contributed by atoms with Crippen LogP contribution in [-0.4, -0.2) is 43.3 Å². The maximum absolute atomic E-state index is 6.50. The first-order chi connectivity index (χ1) is 17.6. The minimum atomic E-state index is 0. The summed E-state index contributed by atoms with van der Waals surface area (Å²) in [5.74, 6) is 1.47. The molecular formula is C31H26BrClN2O2. The van der Waals surface area contributed by atoms with Crippen LogP contribution < -0.4 is 26.5 Å². The van der Waals surface area contributed by atoms with E-state index in [2.05, 4.69) is 65.2 Å². The van der Waals surface area contributed by atoms with Crippen molar-refractivity contribution in [2.75, 3.05) is 27.3 Å². The van der Waals surface area contributed by atoms with Crippen LogP contribution in [0, 0.1) is 0 Å². The van der Waals surface area contributed by atoms with E-state index in [1.807, 2.05) is 24.3 Å².